The third-order valence-corrected chi connectivity index (χ3v) is 2.86. The molecule has 0 bridgehead atoms. The first-order chi connectivity index (χ1) is 8.24. The maximum atomic E-state index is 11.2. The maximum Gasteiger partial charge on any atom is 0.322 e. The Morgan fingerprint density at radius 3 is 2.82 bits per heavy atom. The number of carbonyl (C=O) groups excluding carboxylic acids is 1. The Morgan fingerprint density at radius 1 is 1.47 bits per heavy atom. The lowest BCUT2D eigenvalue weighted by molar-refractivity contribution is -0.145. The van der Waals surface area contributed by atoms with Gasteiger partial charge in [-0.1, -0.05) is 0 Å². The number of ether oxygens (including phenoxy) is 3. The van der Waals surface area contributed by atoms with Crippen molar-refractivity contribution >= 4 is 5.97 Å². The first-order valence-corrected chi connectivity index (χ1v) is 6.31. The van der Waals surface area contributed by atoms with Crippen molar-refractivity contribution in [3.8, 4) is 0 Å². The van der Waals surface area contributed by atoms with Crippen LogP contribution in [0.5, 0.6) is 0 Å². The van der Waals surface area contributed by atoms with E-state index >= 15 is 0 Å². The highest BCUT2D eigenvalue weighted by molar-refractivity contribution is 5.75. The van der Waals surface area contributed by atoms with Crippen LogP contribution in [0.15, 0.2) is 0 Å². The molecule has 5 nitrogen and oxygen atoms in total. The minimum absolute atomic E-state index is 0.345. The van der Waals surface area contributed by atoms with E-state index in [4.69, 9.17) is 19.9 Å². The molecule has 17 heavy (non-hydrogen) atoms. The normalized spacial score (nSPS) is 18.9. The highest BCUT2D eigenvalue weighted by Crippen LogP contribution is 2.14. The van der Waals surface area contributed by atoms with Crippen molar-refractivity contribution in [3.05, 3.63) is 0 Å². The molecule has 100 valence electrons. The van der Waals surface area contributed by atoms with Crippen molar-refractivity contribution in [2.45, 2.75) is 32.2 Å². The van der Waals surface area contributed by atoms with E-state index in [2.05, 4.69) is 0 Å². The lowest BCUT2D eigenvalue weighted by Gasteiger charge is -2.21. The highest BCUT2D eigenvalue weighted by Gasteiger charge is 2.16. The van der Waals surface area contributed by atoms with E-state index in [9.17, 15) is 4.79 Å². The summed E-state index contributed by atoms with van der Waals surface area (Å²) in [6, 6.07) is -0.565. The first-order valence-electron chi connectivity index (χ1n) is 6.31. The molecular formula is C12H23NO4. The number of nitrogens with two attached hydrogens (primary N) is 1. The average Bonchev–Trinajstić information content (AvgIpc) is 2.36. The zero-order chi connectivity index (χ0) is 12.5. The molecule has 0 radical (unpaired) electrons. The van der Waals surface area contributed by atoms with Crippen molar-refractivity contribution in [1.29, 1.82) is 0 Å². The van der Waals surface area contributed by atoms with E-state index in [0.717, 1.165) is 32.7 Å². The van der Waals surface area contributed by atoms with Crippen LogP contribution in [0.4, 0.5) is 0 Å². The van der Waals surface area contributed by atoms with E-state index in [0.29, 0.717) is 25.6 Å². The van der Waals surface area contributed by atoms with Crippen LogP contribution in [0.3, 0.4) is 0 Å². The van der Waals surface area contributed by atoms with Gasteiger partial charge in [0.15, 0.2) is 0 Å². The number of hydrogen-bond donors (Lipinski definition) is 1. The molecule has 1 aliphatic heterocycles. The van der Waals surface area contributed by atoms with Gasteiger partial charge in [0.2, 0.25) is 0 Å². The third kappa shape index (κ3) is 6.00. The fraction of sp³-hybridized carbons (Fsp3) is 0.917. The molecule has 0 spiro atoms. The van der Waals surface area contributed by atoms with Gasteiger partial charge in [0, 0.05) is 26.4 Å². The summed E-state index contributed by atoms with van der Waals surface area (Å²) in [7, 11) is 0. The van der Waals surface area contributed by atoms with Gasteiger partial charge < -0.3 is 19.9 Å². The van der Waals surface area contributed by atoms with Gasteiger partial charge in [-0.25, -0.2) is 0 Å². The number of esters is 1. The lowest BCUT2D eigenvalue weighted by Crippen LogP contribution is -2.33. The van der Waals surface area contributed by atoms with Crippen molar-refractivity contribution in [2.24, 2.45) is 11.7 Å². The molecule has 0 saturated carbocycles. The Hall–Kier alpha value is -0.650. The summed E-state index contributed by atoms with van der Waals surface area (Å²) in [6.07, 6.45) is 2.63. The average molecular weight is 245 g/mol. The van der Waals surface area contributed by atoms with Crippen molar-refractivity contribution in [1.82, 2.24) is 0 Å². The highest BCUT2D eigenvalue weighted by atomic mass is 16.5. The molecule has 0 amide bonds. The summed E-state index contributed by atoms with van der Waals surface area (Å²) >= 11 is 0. The van der Waals surface area contributed by atoms with E-state index < -0.39 is 6.04 Å². The number of rotatable bonds is 7. The van der Waals surface area contributed by atoms with Gasteiger partial charge in [0.1, 0.15) is 6.04 Å². The molecule has 1 saturated heterocycles. The summed E-state index contributed by atoms with van der Waals surface area (Å²) in [6.45, 7) is 5.05. The predicted molar refractivity (Wildman–Crippen MR) is 63.6 cm³/mol. The molecule has 2 N–H and O–H groups in total. The molecule has 1 atom stereocenters. The Morgan fingerprint density at radius 2 is 2.18 bits per heavy atom. The van der Waals surface area contributed by atoms with Crippen LogP contribution in [0.1, 0.15) is 26.2 Å². The van der Waals surface area contributed by atoms with Crippen molar-refractivity contribution in [3.63, 3.8) is 0 Å². The minimum Gasteiger partial charge on any atom is -0.465 e. The Kier molecular flexibility index (Phi) is 7.16. The Labute approximate surface area is 103 Å². The van der Waals surface area contributed by atoms with Crippen LogP contribution < -0.4 is 5.73 Å². The topological polar surface area (TPSA) is 70.8 Å². The van der Waals surface area contributed by atoms with Gasteiger partial charge in [-0.2, -0.15) is 0 Å². The van der Waals surface area contributed by atoms with Gasteiger partial charge in [0.25, 0.3) is 0 Å². The maximum absolute atomic E-state index is 11.2. The molecule has 0 aromatic heterocycles. The van der Waals surface area contributed by atoms with E-state index in [1.165, 1.54) is 0 Å². The van der Waals surface area contributed by atoms with E-state index in [-0.39, 0.29) is 5.97 Å². The number of carbonyl (C=O) groups is 1. The molecule has 1 aliphatic rings. The zero-order valence-corrected chi connectivity index (χ0v) is 10.5. The smallest absolute Gasteiger partial charge is 0.322 e. The number of hydrogen-bond acceptors (Lipinski definition) is 5. The summed E-state index contributed by atoms with van der Waals surface area (Å²) in [5, 5.41) is 0. The Bertz CT molecular complexity index is 217. The van der Waals surface area contributed by atoms with Gasteiger partial charge >= 0.3 is 5.97 Å². The molecule has 5 heteroatoms. The van der Waals surface area contributed by atoms with Crippen LogP contribution in [0.25, 0.3) is 0 Å². The lowest BCUT2D eigenvalue weighted by atomic mass is 10.0. The molecular weight excluding hydrogens is 222 g/mol. The predicted octanol–water partition coefficient (Wildman–Crippen LogP) is 0.710. The van der Waals surface area contributed by atoms with Crippen molar-refractivity contribution in [2.75, 3.05) is 33.0 Å². The largest absolute Gasteiger partial charge is 0.465 e. The molecule has 0 aromatic rings. The van der Waals surface area contributed by atoms with Crippen LogP contribution >= 0.6 is 0 Å². The molecule has 0 aromatic carbocycles. The molecule has 1 fully saturated rings. The second kappa shape index (κ2) is 8.44. The first kappa shape index (κ1) is 14.4. The van der Waals surface area contributed by atoms with Gasteiger partial charge in [-0.15, -0.1) is 0 Å². The van der Waals surface area contributed by atoms with E-state index in [1.54, 1.807) is 6.92 Å². The molecule has 1 rings (SSSR count). The SMILES string of the molecule is CCOC(=O)C(N)CCOCC1CCOCC1. The minimum atomic E-state index is -0.565. The molecule has 1 heterocycles. The van der Waals surface area contributed by atoms with Crippen molar-refractivity contribution < 1.29 is 19.0 Å². The monoisotopic (exact) mass is 245 g/mol. The second-order valence-corrected chi connectivity index (χ2v) is 4.28. The zero-order valence-electron chi connectivity index (χ0n) is 10.5. The van der Waals surface area contributed by atoms with Crippen LogP contribution in [-0.2, 0) is 19.0 Å². The Balaban J connectivity index is 2.00. The summed E-state index contributed by atoms with van der Waals surface area (Å²) in [5.41, 5.74) is 5.65. The summed E-state index contributed by atoms with van der Waals surface area (Å²) < 4.78 is 15.6. The second-order valence-electron chi connectivity index (χ2n) is 4.28. The summed E-state index contributed by atoms with van der Waals surface area (Å²) in [4.78, 5) is 11.2. The standard InChI is InChI=1S/C12H23NO4/c1-2-17-12(14)11(13)5-8-16-9-10-3-6-15-7-4-10/h10-11H,2-9,13H2,1H3. The van der Waals surface area contributed by atoms with Gasteiger partial charge in [-0.3, -0.25) is 4.79 Å². The van der Waals surface area contributed by atoms with E-state index in [1.807, 2.05) is 0 Å². The fourth-order valence-corrected chi connectivity index (χ4v) is 1.74. The fourth-order valence-electron chi connectivity index (χ4n) is 1.74. The van der Waals surface area contributed by atoms with Gasteiger partial charge in [0.05, 0.1) is 6.61 Å². The van der Waals surface area contributed by atoms with Gasteiger partial charge in [-0.05, 0) is 32.1 Å². The molecule has 0 aliphatic carbocycles. The van der Waals surface area contributed by atoms with Crippen LogP contribution in [0, 0.1) is 5.92 Å². The van der Waals surface area contributed by atoms with Crippen LogP contribution in [0.2, 0.25) is 0 Å². The quantitative estimate of drug-likeness (QED) is 0.528. The molecule has 1 unspecified atom stereocenters. The summed E-state index contributed by atoms with van der Waals surface area (Å²) in [5.74, 6) is 0.240. The van der Waals surface area contributed by atoms with Crippen LogP contribution in [-0.4, -0.2) is 45.0 Å². The third-order valence-electron chi connectivity index (χ3n) is 2.86.